The topological polar surface area (TPSA) is 65.3 Å². The highest BCUT2D eigenvalue weighted by Crippen LogP contribution is 2.38. The van der Waals surface area contributed by atoms with Crippen molar-refractivity contribution in [2.75, 3.05) is 32.2 Å². The maximum absolute atomic E-state index is 5.63. The molecule has 0 unspecified atom stereocenters. The number of methoxy groups -OCH3 is 2. The van der Waals surface area contributed by atoms with Gasteiger partial charge in [0.1, 0.15) is 22.8 Å². The number of anilines is 1. The lowest BCUT2D eigenvalue weighted by molar-refractivity contribution is 0.395. The van der Waals surface area contributed by atoms with E-state index < -0.39 is 0 Å². The van der Waals surface area contributed by atoms with Gasteiger partial charge in [0, 0.05) is 31.8 Å². The number of rotatable bonds is 8. The van der Waals surface area contributed by atoms with E-state index >= 15 is 0 Å². The second kappa shape index (κ2) is 8.46. The minimum absolute atomic E-state index is 0.723. The summed E-state index contributed by atoms with van der Waals surface area (Å²) in [5.41, 5.74) is 3.50. The Morgan fingerprint density at radius 2 is 1.71 bits per heavy atom. The monoisotopic (exact) mass is 383 g/mol. The lowest BCUT2D eigenvalue weighted by Crippen LogP contribution is -2.26. The fraction of sp³-hybridized carbons (Fsp3) is 0.476. The number of hydrogen-bond donors (Lipinski definition) is 0. The van der Waals surface area contributed by atoms with Crippen LogP contribution < -0.4 is 14.4 Å². The summed E-state index contributed by atoms with van der Waals surface area (Å²) >= 11 is 0. The molecule has 0 N–H and O–H groups in total. The van der Waals surface area contributed by atoms with Gasteiger partial charge < -0.3 is 14.4 Å². The van der Waals surface area contributed by atoms with Gasteiger partial charge in [-0.05, 0) is 31.9 Å². The molecule has 0 saturated heterocycles. The van der Waals surface area contributed by atoms with E-state index in [9.17, 15) is 0 Å². The Morgan fingerprint density at radius 3 is 2.32 bits per heavy atom. The minimum atomic E-state index is 0.723. The number of aryl methyl sites for hydroxylation is 2. The van der Waals surface area contributed by atoms with E-state index in [4.69, 9.17) is 24.5 Å². The van der Waals surface area contributed by atoms with Crippen LogP contribution in [0.15, 0.2) is 18.2 Å². The van der Waals surface area contributed by atoms with Crippen LogP contribution >= 0.6 is 0 Å². The smallest absolute Gasteiger partial charge is 0.160 e. The van der Waals surface area contributed by atoms with Crippen LogP contribution in [0.4, 0.5) is 5.82 Å². The highest BCUT2D eigenvalue weighted by atomic mass is 16.5. The van der Waals surface area contributed by atoms with Crippen LogP contribution in [0, 0.1) is 6.92 Å². The van der Waals surface area contributed by atoms with Gasteiger partial charge in [-0.3, -0.25) is 4.68 Å². The third-order valence-corrected chi connectivity index (χ3v) is 4.73. The van der Waals surface area contributed by atoms with Crippen molar-refractivity contribution in [2.45, 2.75) is 33.6 Å². The molecular weight excluding hydrogens is 354 g/mol. The van der Waals surface area contributed by atoms with Crippen molar-refractivity contribution >= 4 is 16.9 Å². The van der Waals surface area contributed by atoms with Crippen molar-refractivity contribution in [1.29, 1.82) is 0 Å². The predicted octanol–water partition coefficient (Wildman–Crippen LogP) is 3.98. The molecule has 2 heterocycles. The Labute approximate surface area is 166 Å². The van der Waals surface area contributed by atoms with Gasteiger partial charge in [-0.2, -0.15) is 5.10 Å². The Balaban J connectivity index is 2.25. The van der Waals surface area contributed by atoms with E-state index in [0.29, 0.717) is 0 Å². The van der Waals surface area contributed by atoms with Crippen molar-refractivity contribution in [3.63, 3.8) is 0 Å². The lowest BCUT2D eigenvalue weighted by atomic mass is 10.1. The molecule has 3 rings (SSSR count). The summed E-state index contributed by atoms with van der Waals surface area (Å²) in [6.45, 7) is 8.18. The van der Waals surface area contributed by atoms with Crippen LogP contribution in [0.25, 0.3) is 22.3 Å². The van der Waals surface area contributed by atoms with Crippen LogP contribution in [-0.4, -0.2) is 47.1 Å². The average molecular weight is 383 g/mol. The molecule has 3 aromatic rings. The molecule has 28 heavy (non-hydrogen) atoms. The third-order valence-electron chi connectivity index (χ3n) is 4.73. The summed E-state index contributed by atoms with van der Waals surface area (Å²) in [6.07, 6.45) is 2.10. The molecule has 7 heteroatoms. The number of benzene rings is 1. The summed E-state index contributed by atoms with van der Waals surface area (Å²) in [4.78, 5) is 11.8. The van der Waals surface area contributed by atoms with Crippen molar-refractivity contribution in [3.05, 3.63) is 24.0 Å². The molecule has 0 spiro atoms. The first-order valence-electron chi connectivity index (χ1n) is 9.72. The molecule has 0 saturated carbocycles. The zero-order chi connectivity index (χ0) is 20.3. The van der Waals surface area contributed by atoms with Crippen LogP contribution in [-0.2, 0) is 7.05 Å². The van der Waals surface area contributed by atoms with Crippen LogP contribution in [0.1, 0.15) is 32.5 Å². The number of nitrogens with zero attached hydrogens (tertiary/aromatic N) is 5. The number of aromatic nitrogens is 4. The van der Waals surface area contributed by atoms with Crippen molar-refractivity contribution in [2.24, 2.45) is 7.05 Å². The molecule has 0 aliphatic carbocycles. The quantitative estimate of drug-likeness (QED) is 0.586. The van der Waals surface area contributed by atoms with Crippen LogP contribution in [0.3, 0.4) is 0 Å². The minimum Gasteiger partial charge on any atom is -0.497 e. The van der Waals surface area contributed by atoms with E-state index in [1.165, 1.54) is 0 Å². The molecule has 0 atom stereocenters. The van der Waals surface area contributed by atoms with Gasteiger partial charge in [-0.15, -0.1) is 0 Å². The summed E-state index contributed by atoms with van der Waals surface area (Å²) in [6, 6.07) is 5.79. The van der Waals surface area contributed by atoms with Crippen LogP contribution in [0.5, 0.6) is 11.5 Å². The Bertz CT molecular complexity index is 961. The molecule has 1 aromatic carbocycles. The fourth-order valence-electron chi connectivity index (χ4n) is 3.54. The van der Waals surface area contributed by atoms with Gasteiger partial charge in [0.05, 0.1) is 19.9 Å². The van der Waals surface area contributed by atoms with E-state index in [2.05, 4.69) is 18.7 Å². The number of fused-ring (bicyclic) bond motifs is 1. The Hall–Kier alpha value is -2.83. The van der Waals surface area contributed by atoms with Crippen LogP contribution in [0.2, 0.25) is 0 Å². The molecule has 2 aromatic heterocycles. The first kappa shape index (κ1) is 19.9. The van der Waals surface area contributed by atoms with Gasteiger partial charge in [-0.25, -0.2) is 9.97 Å². The van der Waals surface area contributed by atoms with Gasteiger partial charge in [0.2, 0.25) is 0 Å². The summed E-state index contributed by atoms with van der Waals surface area (Å²) < 4.78 is 12.8. The molecule has 7 nitrogen and oxygen atoms in total. The van der Waals surface area contributed by atoms with Gasteiger partial charge in [0.15, 0.2) is 11.3 Å². The fourth-order valence-corrected chi connectivity index (χ4v) is 3.54. The molecule has 0 aliphatic rings. The summed E-state index contributed by atoms with van der Waals surface area (Å²) in [5.74, 6) is 3.11. The molecule has 0 radical (unpaired) electrons. The zero-order valence-corrected chi connectivity index (χ0v) is 17.6. The normalized spacial score (nSPS) is 11.1. The zero-order valence-electron chi connectivity index (χ0n) is 17.6. The summed E-state index contributed by atoms with van der Waals surface area (Å²) in [5, 5.41) is 4.80. The van der Waals surface area contributed by atoms with Crippen molar-refractivity contribution in [1.82, 2.24) is 19.7 Å². The molecule has 150 valence electrons. The largest absolute Gasteiger partial charge is 0.497 e. The third kappa shape index (κ3) is 3.61. The maximum atomic E-state index is 5.63. The molecule has 0 bridgehead atoms. The first-order valence-corrected chi connectivity index (χ1v) is 9.72. The Morgan fingerprint density at radius 1 is 1.00 bits per heavy atom. The average Bonchev–Trinajstić information content (AvgIpc) is 3.02. The van der Waals surface area contributed by atoms with E-state index in [1.807, 2.05) is 36.9 Å². The van der Waals surface area contributed by atoms with Gasteiger partial charge >= 0.3 is 0 Å². The Kier molecular flexibility index (Phi) is 6.02. The standard InChI is InChI=1S/C21H29N5O2/c1-7-11-26(12-8-2)21-19-18(22-14(3)23-21)20(25(4)24-19)16-10-9-15(27-5)13-17(16)28-6/h9-10,13H,7-8,11-12H2,1-6H3. The first-order chi connectivity index (χ1) is 13.5. The van der Waals surface area contributed by atoms with E-state index in [0.717, 1.165) is 71.4 Å². The van der Waals surface area contributed by atoms with Gasteiger partial charge in [0.25, 0.3) is 0 Å². The number of ether oxygens (including phenoxy) is 2. The van der Waals surface area contributed by atoms with Gasteiger partial charge in [-0.1, -0.05) is 13.8 Å². The van der Waals surface area contributed by atoms with E-state index in [-0.39, 0.29) is 0 Å². The highest BCUT2D eigenvalue weighted by Gasteiger charge is 2.22. The molecule has 0 aliphatic heterocycles. The molecule has 0 fully saturated rings. The second-order valence-corrected chi connectivity index (χ2v) is 6.82. The maximum Gasteiger partial charge on any atom is 0.160 e. The predicted molar refractivity (Wildman–Crippen MR) is 112 cm³/mol. The lowest BCUT2D eigenvalue weighted by Gasteiger charge is -2.22. The SMILES string of the molecule is CCCN(CCC)c1nc(C)nc2c(-c3ccc(OC)cc3OC)n(C)nc12. The molecule has 0 amide bonds. The van der Waals surface area contributed by atoms with Crippen molar-refractivity contribution < 1.29 is 9.47 Å². The second-order valence-electron chi connectivity index (χ2n) is 6.82. The number of hydrogen-bond acceptors (Lipinski definition) is 6. The highest BCUT2D eigenvalue weighted by molar-refractivity contribution is 5.97. The van der Waals surface area contributed by atoms with Crippen molar-refractivity contribution in [3.8, 4) is 22.8 Å². The summed E-state index contributed by atoms with van der Waals surface area (Å²) in [7, 11) is 5.24. The molecular formula is C21H29N5O2. The van der Waals surface area contributed by atoms with E-state index in [1.54, 1.807) is 14.2 Å².